The van der Waals surface area contributed by atoms with Crippen molar-refractivity contribution in [3.63, 3.8) is 0 Å². The zero-order chi connectivity index (χ0) is 10.3. The van der Waals surface area contributed by atoms with Crippen molar-refractivity contribution in [1.82, 2.24) is 0 Å². The van der Waals surface area contributed by atoms with E-state index in [1.807, 2.05) is 0 Å². The molecule has 0 saturated carbocycles. The maximum Gasteiger partial charge on any atom is -0.0219 e. The Morgan fingerprint density at radius 1 is 1.23 bits per heavy atom. The van der Waals surface area contributed by atoms with Crippen LogP contribution in [0.1, 0.15) is 41.0 Å². The Morgan fingerprint density at radius 2 is 1.85 bits per heavy atom. The lowest BCUT2D eigenvalue weighted by Gasteiger charge is -2.04. The van der Waals surface area contributed by atoms with Gasteiger partial charge in [0.05, 0.1) is 0 Å². The van der Waals surface area contributed by atoms with Crippen molar-refractivity contribution in [2.45, 2.75) is 41.0 Å². The van der Waals surface area contributed by atoms with Crippen molar-refractivity contribution in [1.29, 1.82) is 0 Å². The van der Waals surface area contributed by atoms with E-state index in [4.69, 9.17) is 0 Å². The van der Waals surface area contributed by atoms with Gasteiger partial charge in [-0.2, -0.15) is 0 Å². The summed E-state index contributed by atoms with van der Waals surface area (Å²) in [6, 6.07) is 0. The molecule has 0 aliphatic heterocycles. The first-order valence-electron chi connectivity index (χ1n) is 5.11. The Morgan fingerprint density at radius 3 is 2.23 bits per heavy atom. The second kappa shape index (κ2) is 6.71. The molecule has 0 amide bonds. The van der Waals surface area contributed by atoms with E-state index in [1.165, 1.54) is 11.1 Å². The standard InChI is InChI=1S/C13H22/c1-6-8-13(11(3)4)10-9-12(5)7-2/h6,8-11H,7H2,1-5H3. The summed E-state index contributed by atoms with van der Waals surface area (Å²) in [5, 5.41) is 0. The molecule has 0 N–H and O–H groups in total. The Hall–Kier alpha value is -0.780. The molecule has 0 bridgehead atoms. The van der Waals surface area contributed by atoms with Gasteiger partial charge >= 0.3 is 0 Å². The smallest absolute Gasteiger partial charge is 0.0219 e. The molecule has 0 atom stereocenters. The Kier molecular flexibility index (Phi) is 6.30. The lowest BCUT2D eigenvalue weighted by atomic mass is 10.0. The first-order chi connectivity index (χ1) is 6.11. The predicted molar refractivity (Wildman–Crippen MR) is 61.8 cm³/mol. The van der Waals surface area contributed by atoms with Crippen LogP contribution in [0.15, 0.2) is 35.5 Å². The Balaban J connectivity index is 4.54. The Bertz CT molecular complexity index is 214. The van der Waals surface area contributed by atoms with Crippen LogP contribution in [0.25, 0.3) is 0 Å². The summed E-state index contributed by atoms with van der Waals surface area (Å²) in [5.74, 6) is 0.608. The largest absolute Gasteiger partial charge is 0.0874 e. The summed E-state index contributed by atoms with van der Waals surface area (Å²) >= 11 is 0. The summed E-state index contributed by atoms with van der Waals surface area (Å²) in [6.45, 7) is 10.9. The van der Waals surface area contributed by atoms with E-state index in [9.17, 15) is 0 Å². The second-order valence-electron chi connectivity index (χ2n) is 3.69. The van der Waals surface area contributed by atoms with Gasteiger partial charge in [-0.25, -0.2) is 0 Å². The minimum Gasteiger partial charge on any atom is -0.0874 e. The molecule has 0 aromatic rings. The SMILES string of the molecule is CC=CC(=CC=C(C)CC)C(C)C. The second-order valence-corrected chi connectivity index (χ2v) is 3.69. The number of hydrogen-bond acceptors (Lipinski definition) is 0. The van der Waals surface area contributed by atoms with Gasteiger partial charge in [-0.1, -0.05) is 50.6 Å². The normalized spacial score (nSPS) is 14.6. The number of rotatable bonds is 4. The van der Waals surface area contributed by atoms with E-state index in [-0.39, 0.29) is 0 Å². The first-order valence-corrected chi connectivity index (χ1v) is 5.11. The van der Waals surface area contributed by atoms with Crippen LogP contribution < -0.4 is 0 Å². The van der Waals surface area contributed by atoms with E-state index in [0.717, 1.165) is 6.42 Å². The van der Waals surface area contributed by atoms with Crippen molar-refractivity contribution >= 4 is 0 Å². The molecule has 0 aromatic heterocycles. The average molecular weight is 178 g/mol. The van der Waals surface area contributed by atoms with E-state index in [2.05, 4.69) is 58.9 Å². The van der Waals surface area contributed by atoms with E-state index >= 15 is 0 Å². The molecule has 0 heteroatoms. The van der Waals surface area contributed by atoms with Crippen molar-refractivity contribution in [3.05, 3.63) is 35.5 Å². The molecule has 0 rings (SSSR count). The predicted octanol–water partition coefficient (Wildman–Crippen LogP) is 4.50. The molecular formula is C13H22. The van der Waals surface area contributed by atoms with Crippen molar-refractivity contribution in [2.75, 3.05) is 0 Å². The van der Waals surface area contributed by atoms with Gasteiger partial charge in [-0.3, -0.25) is 0 Å². The number of allylic oxidation sites excluding steroid dienone is 6. The van der Waals surface area contributed by atoms with E-state index < -0.39 is 0 Å². The van der Waals surface area contributed by atoms with Crippen LogP contribution in [0.3, 0.4) is 0 Å². The maximum absolute atomic E-state index is 2.23. The van der Waals surface area contributed by atoms with Gasteiger partial charge < -0.3 is 0 Å². The van der Waals surface area contributed by atoms with Crippen molar-refractivity contribution in [2.24, 2.45) is 5.92 Å². The van der Waals surface area contributed by atoms with Crippen LogP contribution >= 0.6 is 0 Å². The van der Waals surface area contributed by atoms with Gasteiger partial charge in [-0.15, -0.1) is 0 Å². The fourth-order valence-corrected chi connectivity index (χ4v) is 0.989. The maximum atomic E-state index is 2.23. The molecule has 0 saturated heterocycles. The highest BCUT2D eigenvalue weighted by Gasteiger charge is 1.96. The summed E-state index contributed by atoms with van der Waals surface area (Å²) in [6.07, 6.45) is 9.86. The first kappa shape index (κ1) is 12.2. The molecule has 0 spiro atoms. The van der Waals surface area contributed by atoms with Gasteiger partial charge in [0.25, 0.3) is 0 Å². The molecule has 0 heterocycles. The van der Waals surface area contributed by atoms with Crippen LogP contribution in [0.5, 0.6) is 0 Å². The van der Waals surface area contributed by atoms with Crippen molar-refractivity contribution in [3.8, 4) is 0 Å². The highest BCUT2D eigenvalue weighted by atomic mass is 14.0. The molecule has 0 aliphatic rings. The number of hydrogen-bond donors (Lipinski definition) is 0. The molecule has 0 fully saturated rings. The van der Waals surface area contributed by atoms with Crippen LogP contribution in [0.4, 0.5) is 0 Å². The fraction of sp³-hybridized carbons (Fsp3) is 0.538. The molecule has 13 heavy (non-hydrogen) atoms. The van der Waals surface area contributed by atoms with Gasteiger partial charge in [-0.05, 0) is 31.8 Å². The zero-order valence-electron chi connectivity index (χ0n) is 9.59. The molecular weight excluding hydrogens is 156 g/mol. The molecule has 0 radical (unpaired) electrons. The summed E-state index contributed by atoms with van der Waals surface area (Å²) in [5.41, 5.74) is 2.83. The monoisotopic (exact) mass is 178 g/mol. The third kappa shape index (κ3) is 5.46. The highest BCUT2D eigenvalue weighted by Crippen LogP contribution is 2.12. The van der Waals surface area contributed by atoms with Crippen LogP contribution in [0.2, 0.25) is 0 Å². The van der Waals surface area contributed by atoms with Crippen LogP contribution in [-0.4, -0.2) is 0 Å². The molecule has 0 aliphatic carbocycles. The third-order valence-corrected chi connectivity index (χ3v) is 2.14. The van der Waals surface area contributed by atoms with Crippen LogP contribution in [-0.2, 0) is 0 Å². The van der Waals surface area contributed by atoms with Gasteiger partial charge in [0.1, 0.15) is 0 Å². The minimum atomic E-state index is 0.608. The zero-order valence-corrected chi connectivity index (χ0v) is 9.59. The Labute approximate surface area is 83.0 Å². The van der Waals surface area contributed by atoms with Gasteiger partial charge in [0.15, 0.2) is 0 Å². The molecule has 0 unspecified atom stereocenters. The van der Waals surface area contributed by atoms with Crippen LogP contribution in [0, 0.1) is 5.92 Å². The average Bonchev–Trinajstić information content (AvgIpc) is 2.11. The quantitative estimate of drug-likeness (QED) is 0.556. The summed E-state index contributed by atoms with van der Waals surface area (Å²) < 4.78 is 0. The molecule has 0 aromatic carbocycles. The topological polar surface area (TPSA) is 0 Å². The molecule has 0 nitrogen and oxygen atoms in total. The van der Waals surface area contributed by atoms with E-state index in [1.54, 1.807) is 0 Å². The van der Waals surface area contributed by atoms with Gasteiger partial charge in [0.2, 0.25) is 0 Å². The lowest BCUT2D eigenvalue weighted by Crippen LogP contribution is -1.89. The molecule has 74 valence electrons. The van der Waals surface area contributed by atoms with E-state index in [0.29, 0.717) is 5.92 Å². The van der Waals surface area contributed by atoms with Crippen molar-refractivity contribution < 1.29 is 0 Å². The van der Waals surface area contributed by atoms with Gasteiger partial charge in [0, 0.05) is 0 Å². The minimum absolute atomic E-state index is 0.608. The fourth-order valence-electron chi connectivity index (χ4n) is 0.989. The third-order valence-electron chi connectivity index (χ3n) is 2.14. The highest BCUT2D eigenvalue weighted by molar-refractivity contribution is 5.26. The summed E-state index contributed by atoms with van der Waals surface area (Å²) in [7, 11) is 0. The summed E-state index contributed by atoms with van der Waals surface area (Å²) in [4.78, 5) is 0. The lowest BCUT2D eigenvalue weighted by molar-refractivity contribution is 0.791.